The van der Waals surface area contributed by atoms with Crippen LogP contribution in [0.1, 0.15) is 24.0 Å². The second kappa shape index (κ2) is 3.32. The minimum atomic E-state index is 0.646. The molecular formula is C13H18N2. The Hall–Kier alpha value is -0.860. The SMILES string of the molecule is NCc1ccc(CN2CC3(CC3)C2)cc1. The Morgan fingerprint density at radius 3 is 2.20 bits per heavy atom. The lowest BCUT2D eigenvalue weighted by Gasteiger charge is -2.40. The quantitative estimate of drug-likeness (QED) is 0.809. The van der Waals surface area contributed by atoms with Crippen molar-refractivity contribution in [2.24, 2.45) is 11.1 Å². The standard InChI is InChI=1S/C13H18N2/c14-7-11-1-3-12(4-2-11)8-15-9-13(10-15)5-6-13/h1-4H,5-10,14H2. The van der Waals surface area contributed by atoms with Crippen LogP contribution >= 0.6 is 0 Å². The third-order valence-electron chi connectivity index (χ3n) is 3.74. The van der Waals surface area contributed by atoms with Gasteiger partial charge in [0.1, 0.15) is 0 Å². The minimum absolute atomic E-state index is 0.646. The molecule has 0 bridgehead atoms. The number of likely N-dealkylation sites (tertiary alicyclic amines) is 1. The molecule has 0 radical (unpaired) electrons. The van der Waals surface area contributed by atoms with E-state index in [1.54, 1.807) is 0 Å². The van der Waals surface area contributed by atoms with Gasteiger partial charge in [0.05, 0.1) is 0 Å². The Bertz CT molecular complexity index is 343. The van der Waals surface area contributed by atoms with Crippen LogP contribution in [-0.4, -0.2) is 18.0 Å². The zero-order chi connectivity index (χ0) is 10.3. The molecule has 1 aromatic rings. The molecule has 1 heterocycles. The minimum Gasteiger partial charge on any atom is -0.326 e. The molecule has 0 atom stereocenters. The Morgan fingerprint density at radius 1 is 1.07 bits per heavy atom. The third-order valence-corrected chi connectivity index (χ3v) is 3.74. The van der Waals surface area contributed by atoms with Crippen molar-refractivity contribution in [1.29, 1.82) is 0 Å². The predicted octanol–water partition coefficient (Wildman–Crippen LogP) is 1.74. The van der Waals surface area contributed by atoms with Crippen molar-refractivity contribution in [3.63, 3.8) is 0 Å². The second-order valence-corrected chi connectivity index (χ2v) is 5.17. The molecule has 2 N–H and O–H groups in total. The van der Waals surface area contributed by atoms with Gasteiger partial charge in [-0.15, -0.1) is 0 Å². The van der Waals surface area contributed by atoms with Gasteiger partial charge in [0.25, 0.3) is 0 Å². The Kier molecular flexibility index (Phi) is 2.08. The molecule has 0 aromatic heterocycles. The lowest BCUT2D eigenvalue weighted by Crippen LogP contribution is -2.47. The van der Waals surface area contributed by atoms with Crippen LogP contribution in [0.5, 0.6) is 0 Å². The summed E-state index contributed by atoms with van der Waals surface area (Å²) in [4.78, 5) is 2.55. The Balaban J connectivity index is 1.57. The average Bonchev–Trinajstić information content (AvgIpc) is 2.99. The molecule has 1 saturated carbocycles. The summed E-state index contributed by atoms with van der Waals surface area (Å²) in [5.74, 6) is 0. The summed E-state index contributed by atoms with van der Waals surface area (Å²) in [5, 5.41) is 0. The van der Waals surface area contributed by atoms with Gasteiger partial charge in [0.15, 0.2) is 0 Å². The van der Waals surface area contributed by atoms with Crippen molar-refractivity contribution in [2.45, 2.75) is 25.9 Å². The number of nitrogens with two attached hydrogens (primary N) is 1. The molecule has 2 nitrogen and oxygen atoms in total. The van der Waals surface area contributed by atoms with Gasteiger partial charge in [-0.05, 0) is 29.4 Å². The van der Waals surface area contributed by atoms with Crippen LogP contribution in [0.3, 0.4) is 0 Å². The van der Waals surface area contributed by atoms with E-state index in [9.17, 15) is 0 Å². The molecule has 80 valence electrons. The van der Waals surface area contributed by atoms with E-state index in [0.29, 0.717) is 6.54 Å². The van der Waals surface area contributed by atoms with Crippen LogP contribution in [0.25, 0.3) is 0 Å². The summed E-state index contributed by atoms with van der Waals surface area (Å²) in [5.41, 5.74) is 8.99. The summed E-state index contributed by atoms with van der Waals surface area (Å²) in [7, 11) is 0. The molecule has 1 spiro atoms. The van der Waals surface area contributed by atoms with E-state index in [-0.39, 0.29) is 0 Å². The van der Waals surface area contributed by atoms with Crippen molar-refractivity contribution < 1.29 is 0 Å². The maximum absolute atomic E-state index is 5.57. The van der Waals surface area contributed by atoms with Gasteiger partial charge in [-0.3, -0.25) is 4.90 Å². The zero-order valence-electron chi connectivity index (χ0n) is 9.08. The summed E-state index contributed by atoms with van der Waals surface area (Å²) >= 11 is 0. The molecule has 2 heteroatoms. The number of hydrogen-bond donors (Lipinski definition) is 1. The van der Waals surface area contributed by atoms with Crippen molar-refractivity contribution in [2.75, 3.05) is 13.1 Å². The monoisotopic (exact) mass is 202 g/mol. The molecule has 15 heavy (non-hydrogen) atoms. The number of hydrogen-bond acceptors (Lipinski definition) is 2. The van der Waals surface area contributed by atoms with Crippen LogP contribution in [0, 0.1) is 5.41 Å². The molecule has 3 rings (SSSR count). The van der Waals surface area contributed by atoms with Crippen LogP contribution in [0.4, 0.5) is 0 Å². The summed E-state index contributed by atoms with van der Waals surface area (Å²) in [6.45, 7) is 4.41. The summed E-state index contributed by atoms with van der Waals surface area (Å²) in [6, 6.07) is 8.70. The van der Waals surface area contributed by atoms with E-state index in [4.69, 9.17) is 5.73 Å². The highest BCUT2D eigenvalue weighted by molar-refractivity contribution is 5.23. The van der Waals surface area contributed by atoms with Gasteiger partial charge in [-0.25, -0.2) is 0 Å². The molecule has 1 aromatic carbocycles. The average molecular weight is 202 g/mol. The smallest absolute Gasteiger partial charge is 0.0234 e. The fraction of sp³-hybridized carbons (Fsp3) is 0.538. The van der Waals surface area contributed by atoms with Crippen molar-refractivity contribution in [3.05, 3.63) is 35.4 Å². The van der Waals surface area contributed by atoms with E-state index in [2.05, 4.69) is 29.2 Å². The number of benzene rings is 1. The van der Waals surface area contributed by atoms with Crippen molar-refractivity contribution in [1.82, 2.24) is 4.90 Å². The van der Waals surface area contributed by atoms with Gasteiger partial charge < -0.3 is 5.73 Å². The van der Waals surface area contributed by atoms with Gasteiger partial charge >= 0.3 is 0 Å². The van der Waals surface area contributed by atoms with Gasteiger partial charge in [-0.2, -0.15) is 0 Å². The molecule has 1 aliphatic carbocycles. The fourth-order valence-electron chi connectivity index (χ4n) is 2.55. The highest BCUT2D eigenvalue weighted by Crippen LogP contribution is 2.53. The lowest BCUT2D eigenvalue weighted by molar-refractivity contribution is 0.0739. The maximum atomic E-state index is 5.57. The first-order chi connectivity index (χ1) is 7.30. The van der Waals surface area contributed by atoms with Gasteiger partial charge in [-0.1, -0.05) is 24.3 Å². The highest BCUT2D eigenvalue weighted by Gasteiger charge is 2.51. The molecule has 2 aliphatic rings. The molecular weight excluding hydrogens is 184 g/mol. The van der Waals surface area contributed by atoms with E-state index < -0.39 is 0 Å². The fourth-order valence-corrected chi connectivity index (χ4v) is 2.55. The van der Waals surface area contributed by atoms with E-state index in [1.165, 1.54) is 37.1 Å². The lowest BCUT2D eigenvalue weighted by atomic mass is 9.96. The molecule has 1 aliphatic heterocycles. The summed E-state index contributed by atoms with van der Waals surface area (Å²) < 4.78 is 0. The van der Waals surface area contributed by atoms with Crippen LogP contribution in [0.2, 0.25) is 0 Å². The first-order valence-electron chi connectivity index (χ1n) is 5.80. The second-order valence-electron chi connectivity index (χ2n) is 5.17. The van der Waals surface area contributed by atoms with Crippen LogP contribution < -0.4 is 5.73 Å². The van der Waals surface area contributed by atoms with E-state index >= 15 is 0 Å². The normalized spacial score (nSPS) is 22.7. The van der Waals surface area contributed by atoms with Crippen LogP contribution in [-0.2, 0) is 13.1 Å². The molecule has 0 amide bonds. The maximum Gasteiger partial charge on any atom is 0.0234 e. The van der Waals surface area contributed by atoms with Crippen LogP contribution in [0.15, 0.2) is 24.3 Å². The first-order valence-corrected chi connectivity index (χ1v) is 5.80. The topological polar surface area (TPSA) is 29.3 Å². The molecule has 0 unspecified atom stereocenters. The third kappa shape index (κ3) is 1.80. The summed E-state index contributed by atoms with van der Waals surface area (Å²) in [6.07, 6.45) is 2.94. The van der Waals surface area contributed by atoms with E-state index in [1.807, 2.05) is 0 Å². The molecule has 1 saturated heterocycles. The Morgan fingerprint density at radius 2 is 1.67 bits per heavy atom. The zero-order valence-corrected chi connectivity index (χ0v) is 9.08. The number of nitrogens with zero attached hydrogens (tertiary/aromatic N) is 1. The predicted molar refractivity (Wildman–Crippen MR) is 61.3 cm³/mol. The Labute approximate surface area is 91.1 Å². The van der Waals surface area contributed by atoms with Gasteiger partial charge in [0, 0.05) is 26.2 Å². The highest BCUT2D eigenvalue weighted by atomic mass is 15.2. The van der Waals surface area contributed by atoms with Crippen molar-refractivity contribution in [3.8, 4) is 0 Å². The van der Waals surface area contributed by atoms with E-state index in [0.717, 1.165) is 12.0 Å². The van der Waals surface area contributed by atoms with Gasteiger partial charge in [0.2, 0.25) is 0 Å². The van der Waals surface area contributed by atoms with Crippen molar-refractivity contribution >= 4 is 0 Å². The first kappa shape index (κ1) is 9.37. The molecule has 2 fully saturated rings. The number of rotatable bonds is 3. The largest absolute Gasteiger partial charge is 0.326 e.